The summed E-state index contributed by atoms with van der Waals surface area (Å²) in [6, 6.07) is -2.53. The van der Waals surface area contributed by atoms with Gasteiger partial charge in [-0.1, -0.05) is 11.6 Å². The lowest BCUT2D eigenvalue weighted by molar-refractivity contribution is -0.147. The topological polar surface area (TPSA) is 88.4 Å². The van der Waals surface area contributed by atoms with E-state index in [4.69, 9.17) is 16.7 Å². The number of aromatic nitrogens is 1. The Labute approximate surface area is 128 Å². The first-order valence-corrected chi connectivity index (χ1v) is 8.04. The summed E-state index contributed by atoms with van der Waals surface area (Å²) >= 11 is 5.78. The van der Waals surface area contributed by atoms with E-state index in [1.807, 2.05) is 0 Å². The SMILES string of the molecule is C[C@@H](NS(=O)(=O)c1cn(C2CC2)c(C(=O)O)c1Cl)C(F)(F)F. The Kier molecular flexibility index (Phi) is 4.22. The average molecular weight is 361 g/mol. The van der Waals surface area contributed by atoms with Crippen molar-refractivity contribution < 1.29 is 31.5 Å². The van der Waals surface area contributed by atoms with Crippen LogP contribution in [0.2, 0.25) is 5.02 Å². The van der Waals surface area contributed by atoms with Crippen LogP contribution in [0.4, 0.5) is 13.2 Å². The summed E-state index contributed by atoms with van der Waals surface area (Å²) in [4.78, 5) is 10.5. The van der Waals surface area contributed by atoms with Crippen molar-refractivity contribution in [2.45, 2.75) is 42.9 Å². The van der Waals surface area contributed by atoms with Crippen molar-refractivity contribution in [3.63, 3.8) is 0 Å². The van der Waals surface area contributed by atoms with E-state index in [0.29, 0.717) is 19.8 Å². The van der Waals surface area contributed by atoms with Crippen molar-refractivity contribution in [1.29, 1.82) is 0 Å². The highest BCUT2D eigenvalue weighted by Crippen LogP contribution is 2.40. The summed E-state index contributed by atoms with van der Waals surface area (Å²) in [5.41, 5.74) is -0.441. The van der Waals surface area contributed by atoms with Gasteiger partial charge >= 0.3 is 12.1 Å². The lowest BCUT2D eigenvalue weighted by Gasteiger charge is -2.16. The number of halogens is 4. The van der Waals surface area contributed by atoms with Crippen LogP contribution >= 0.6 is 11.6 Å². The van der Waals surface area contributed by atoms with Crippen LogP contribution in [0.25, 0.3) is 0 Å². The van der Waals surface area contributed by atoms with Gasteiger partial charge in [0.1, 0.15) is 16.6 Å². The monoisotopic (exact) mass is 360 g/mol. The summed E-state index contributed by atoms with van der Waals surface area (Å²) in [5.74, 6) is -1.44. The lowest BCUT2D eigenvalue weighted by atomic mass is 10.4. The molecule has 22 heavy (non-hydrogen) atoms. The molecule has 1 aliphatic carbocycles. The third-order valence-corrected chi connectivity index (χ3v) is 5.24. The first-order chi connectivity index (χ1) is 9.95. The highest BCUT2D eigenvalue weighted by Gasteiger charge is 2.41. The molecule has 2 rings (SSSR count). The van der Waals surface area contributed by atoms with Crippen molar-refractivity contribution in [3.05, 3.63) is 16.9 Å². The van der Waals surface area contributed by atoms with Gasteiger partial charge in [-0.25, -0.2) is 13.2 Å². The molecule has 1 atom stereocenters. The average Bonchev–Trinajstić information content (AvgIpc) is 3.10. The second-order valence-corrected chi connectivity index (χ2v) is 7.04. The molecule has 1 heterocycles. The smallest absolute Gasteiger partial charge is 0.404 e. The van der Waals surface area contributed by atoms with Crippen molar-refractivity contribution in [3.8, 4) is 0 Å². The van der Waals surface area contributed by atoms with Gasteiger partial charge in [0.05, 0.1) is 5.02 Å². The van der Waals surface area contributed by atoms with E-state index >= 15 is 0 Å². The standard InChI is InChI=1S/C11H12ClF3N2O4S/c1-5(11(13,14)15)16-22(20,21)7-4-17(6-2-3-6)9(8(7)12)10(18)19/h4-6,16H,2-3H2,1H3,(H,18,19)/t5-/m1/s1. The molecule has 0 amide bonds. The van der Waals surface area contributed by atoms with Crippen LogP contribution in [0.3, 0.4) is 0 Å². The second-order valence-electron chi connectivity index (χ2n) is 4.98. The van der Waals surface area contributed by atoms with Crippen LogP contribution in [-0.2, 0) is 10.0 Å². The number of carboxylic acid groups (broad SMARTS) is 1. The first-order valence-electron chi connectivity index (χ1n) is 6.18. The Morgan fingerprint density at radius 3 is 2.45 bits per heavy atom. The Hall–Kier alpha value is -1.26. The number of sulfonamides is 1. The van der Waals surface area contributed by atoms with Gasteiger partial charge in [-0.3, -0.25) is 0 Å². The summed E-state index contributed by atoms with van der Waals surface area (Å²) in [5, 5.41) is 8.52. The third kappa shape index (κ3) is 3.23. The van der Waals surface area contributed by atoms with Gasteiger partial charge in [0.15, 0.2) is 0 Å². The quantitative estimate of drug-likeness (QED) is 0.844. The molecule has 0 aromatic carbocycles. The van der Waals surface area contributed by atoms with Gasteiger partial charge in [0, 0.05) is 12.2 Å². The van der Waals surface area contributed by atoms with Crippen LogP contribution in [0.1, 0.15) is 36.3 Å². The van der Waals surface area contributed by atoms with Gasteiger partial charge in [-0.2, -0.15) is 17.9 Å². The molecule has 0 saturated heterocycles. The zero-order valence-electron chi connectivity index (χ0n) is 11.2. The number of nitrogens with one attached hydrogen (secondary N) is 1. The molecule has 6 nitrogen and oxygen atoms in total. The molecule has 1 aromatic heterocycles. The fourth-order valence-electron chi connectivity index (χ4n) is 1.87. The van der Waals surface area contributed by atoms with Gasteiger partial charge < -0.3 is 9.67 Å². The van der Waals surface area contributed by atoms with Crippen molar-refractivity contribution >= 4 is 27.6 Å². The Bertz CT molecular complexity index is 710. The van der Waals surface area contributed by atoms with Crippen LogP contribution in [0, 0.1) is 0 Å². The fourth-order valence-corrected chi connectivity index (χ4v) is 3.72. The number of hydrogen-bond acceptors (Lipinski definition) is 3. The zero-order valence-corrected chi connectivity index (χ0v) is 12.8. The molecule has 1 aromatic rings. The molecule has 11 heteroatoms. The maximum atomic E-state index is 12.5. The van der Waals surface area contributed by atoms with Crippen LogP contribution in [-0.4, -0.2) is 36.3 Å². The van der Waals surface area contributed by atoms with E-state index in [0.717, 1.165) is 6.20 Å². The number of hydrogen-bond donors (Lipinski definition) is 2. The normalized spacial score (nSPS) is 17.5. The molecular formula is C11H12ClF3N2O4S. The molecular weight excluding hydrogens is 349 g/mol. The van der Waals surface area contributed by atoms with E-state index in [1.54, 1.807) is 0 Å². The molecule has 1 saturated carbocycles. The molecule has 0 bridgehead atoms. The molecule has 2 N–H and O–H groups in total. The number of nitrogens with zero attached hydrogens (tertiary/aromatic N) is 1. The van der Waals surface area contributed by atoms with Gasteiger partial charge in [0.2, 0.25) is 10.0 Å². The summed E-state index contributed by atoms with van der Waals surface area (Å²) in [6.45, 7) is 0.640. The maximum Gasteiger partial charge on any atom is 0.404 e. The van der Waals surface area contributed by atoms with E-state index in [1.165, 1.54) is 9.29 Å². The van der Waals surface area contributed by atoms with Crippen molar-refractivity contribution in [1.82, 2.24) is 9.29 Å². The fraction of sp³-hybridized carbons (Fsp3) is 0.545. The number of rotatable bonds is 5. The number of carboxylic acids is 1. The van der Waals surface area contributed by atoms with Crippen molar-refractivity contribution in [2.24, 2.45) is 0 Å². The highest BCUT2D eigenvalue weighted by molar-refractivity contribution is 7.89. The van der Waals surface area contributed by atoms with E-state index < -0.39 is 43.8 Å². The van der Waals surface area contributed by atoms with E-state index in [9.17, 15) is 26.4 Å². The summed E-state index contributed by atoms with van der Waals surface area (Å²) in [7, 11) is -4.60. The third-order valence-electron chi connectivity index (χ3n) is 3.19. The molecule has 124 valence electrons. The molecule has 0 unspecified atom stereocenters. The Morgan fingerprint density at radius 1 is 1.50 bits per heavy atom. The Morgan fingerprint density at radius 2 is 2.05 bits per heavy atom. The summed E-state index contributed by atoms with van der Waals surface area (Å²) < 4.78 is 64.2. The highest BCUT2D eigenvalue weighted by atomic mass is 35.5. The predicted octanol–water partition coefficient (Wildman–Crippen LogP) is 2.40. The maximum absolute atomic E-state index is 12.5. The minimum atomic E-state index is -4.77. The van der Waals surface area contributed by atoms with E-state index in [2.05, 4.69) is 0 Å². The second kappa shape index (κ2) is 5.43. The van der Waals surface area contributed by atoms with Gasteiger partial charge in [0.25, 0.3) is 0 Å². The van der Waals surface area contributed by atoms with Crippen LogP contribution in [0.5, 0.6) is 0 Å². The van der Waals surface area contributed by atoms with Gasteiger partial charge in [-0.05, 0) is 19.8 Å². The van der Waals surface area contributed by atoms with Crippen molar-refractivity contribution in [2.75, 3.05) is 0 Å². The molecule has 0 spiro atoms. The van der Waals surface area contributed by atoms with Crippen LogP contribution in [0.15, 0.2) is 11.1 Å². The molecule has 1 fully saturated rings. The predicted molar refractivity (Wildman–Crippen MR) is 70.5 cm³/mol. The summed E-state index contributed by atoms with van der Waals surface area (Å²) in [6.07, 6.45) is -2.50. The molecule has 0 radical (unpaired) electrons. The minimum absolute atomic E-state index is 0.201. The minimum Gasteiger partial charge on any atom is -0.477 e. The zero-order chi connectivity index (χ0) is 16.9. The number of aromatic carboxylic acids is 1. The van der Waals surface area contributed by atoms with Crippen LogP contribution < -0.4 is 4.72 Å². The van der Waals surface area contributed by atoms with Gasteiger partial charge in [-0.15, -0.1) is 0 Å². The molecule has 1 aliphatic rings. The number of alkyl halides is 3. The molecule has 0 aliphatic heterocycles. The number of carbonyl (C=O) groups is 1. The van der Waals surface area contributed by atoms with E-state index in [-0.39, 0.29) is 6.04 Å². The largest absolute Gasteiger partial charge is 0.477 e. The lowest BCUT2D eigenvalue weighted by Crippen LogP contribution is -2.42. The Balaban J connectivity index is 2.44. The first kappa shape index (κ1) is 17.1.